The number of hydrogen-bond acceptors (Lipinski definition) is 3. The summed E-state index contributed by atoms with van der Waals surface area (Å²) in [6.07, 6.45) is 4.06. The zero-order valence-corrected chi connectivity index (χ0v) is 16.7. The molecule has 1 aromatic rings. The highest BCUT2D eigenvalue weighted by atomic mass is 35.5. The largest absolute Gasteiger partial charge is 0.356 e. The summed E-state index contributed by atoms with van der Waals surface area (Å²) in [4.78, 5) is 25.2. The molecular weight excluding hydrogens is 381 g/mol. The van der Waals surface area contributed by atoms with Crippen LogP contribution in [-0.4, -0.2) is 30.9 Å². The van der Waals surface area contributed by atoms with Gasteiger partial charge in [-0.3, -0.25) is 9.59 Å². The third kappa shape index (κ3) is 5.78. The standard InChI is InChI=1S/C21H25ClFN3O2/c1-4-24-20(27)16-12-25-19(18(16)17(23)10-6-8-14(3)22)21(28)26-15-9-5-7-13(2)11-15/h5-11,16,18-19,25H,3-4,12H2,1-2H3,(H,24,27)(H,26,28)/b8-6-,17-10-/t16-,18?,19?/m1/s1. The fourth-order valence-electron chi connectivity index (χ4n) is 3.21. The van der Waals surface area contributed by atoms with E-state index in [0.717, 1.165) is 5.56 Å². The van der Waals surface area contributed by atoms with E-state index >= 15 is 0 Å². The summed E-state index contributed by atoms with van der Waals surface area (Å²) >= 11 is 5.65. The molecule has 2 rings (SSSR count). The Labute approximate surface area is 169 Å². The van der Waals surface area contributed by atoms with E-state index in [2.05, 4.69) is 22.5 Å². The molecule has 0 bridgehead atoms. The number of rotatable bonds is 7. The highest BCUT2D eigenvalue weighted by molar-refractivity contribution is 6.30. The highest BCUT2D eigenvalue weighted by Gasteiger charge is 2.45. The Hall–Kier alpha value is -2.44. The van der Waals surface area contributed by atoms with Gasteiger partial charge >= 0.3 is 0 Å². The van der Waals surface area contributed by atoms with E-state index in [1.165, 1.54) is 18.2 Å². The van der Waals surface area contributed by atoms with E-state index in [9.17, 15) is 14.0 Å². The lowest BCUT2D eigenvalue weighted by atomic mass is 9.87. The summed E-state index contributed by atoms with van der Waals surface area (Å²) in [6.45, 7) is 7.84. The summed E-state index contributed by atoms with van der Waals surface area (Å²) in [7, 11) is 0. The summed E-state index contributed by atoms with van der Waals surface area (Å²) in [6, 6.07) is 6.45. The molecule has 7 heteroatoms. The SMILES string of the molecule is C=C(Cl)/C=C\C=C(/F)C1C(C(=O)Nc2cccc(C)c2)NC[C@H]1C(=O)NCC. The van der Waals surface area contributed by atoms with Gasteiger partial charge in [0.05, 0.1) is 12.0 Å². The summed E-state index contributed by atoms with van der Waals surface area (Å²) in [5, 5.41) is 8.74. The monoisotopic (exact) mass is 405 g/mol. The molecule has 0 aromatic heterocycles. The number of amides is 2. The first-order chi connectivity index (χ1) is 13.3. The van der Waals surface area contributed by atoms with Gasteiger partial charge in [-0.2, -0.15) is 0 Å². The lowest BCUT2D eigenvalue weighted by Gasteiger charge is -2.22. The average Bonchev–Trinajstić information content (AvgIpc) is 3.07. The number of carbonyl (C=O) groups excluding carboxylic acids is 2. The fraction of sp³-hybridized carbons (Fsp3) is 0.333. The second-order valence-electron chi connectivity index (χ2n) is 6.63. The number of aryl methyl sites for hydroxylation is 1. The maximum Gasteiger partial charge on any atom is 0.242 e. The van der Waals surface area contributed by atoms with Crippen LogP contribution < -0.4 is 16.0 Å². The van der Waals surface area contributed by atoms with Crippen molar-refractivity contribution in [1.82, 2.24) is 10.6 Å². The first-order valence-electron chi connectivity index (χ1n) is 9.10. The minimum atomic E-state index is -0.926. The van der Waals surface area contributed by atoms with Crippen LogP contribution in [0.4, 0.5) is 10.1 Å². The number of nitrogens with one attached hydrogen (secondary N) is 3. The van der Waals surface area contributed by atoms with Crippen LogP contribution in [0.15, 0.2) is 59.9 Å². The molecule has 2 unspecified atom stereocenters. The number of anilines is 1. The van der Waals surface area contributed by atoms with Crippen molar-refractivity contribution in [2.45, 2.75) is 19.9 Å². The van der Waals surface area contributed by atoms with E-state index < -0.39 is 29.6 Å². The minimum absolute atomic E-state index is 0.204. The second kappa shape index (κ2) is 10.2. The predicted molar refractivity (Wildman–Crippen MR) is 111 cm³/mol. The van der Waals surface area contributed by atoms with Gasteiger partial charge in [-0.15, -0.1) is 0 Å². The van der Waals surface area contributed by atoms with Crippen LogP contribution in [0.3, 0.4) is 0 Å². The Bertz CT molecular complexity index is 807. The van der Waals surface area contributed by atoms with Crippen molar-refractivity contribution in [1.29, 1.82) is 0 Å². The van der Waals surface area contributed by atoms with Crippen LogP contribution >= 0.6 is 11.6 Å². The van der Waals surface area contributed by atoms with E-state index in [4.69, 9.17) is 11.6 Å². The molecule has 0 radical (unpaired) electrons. The topological polar surface area (TPSA) is 70.2 Å². The zero-order chi connectivity index (χ0) is 20.7. The van der Waals surface area contributed by atoms with Crippen molar-refractivity contribution in [2.24, 2.45) is 11.8 Å². The van der Waals surface area contributed by atoms with Crippen molar-refractivity contribution < 1.29 is 14.0 Å². The van der Waals surface area contributed by atoms with Gasteiger partial charge in [-0.25, -0.2) is 4.39 Å². The number of benzene rings is 1. The summed E-state index contributed by atoms with van der Waals surface area (Å²) in [5.74, 6) is -2.88. The van der Waals surface area contributed by atoms with Gasteiger partial charge in [-0.1, -0.05) is 36.4 Å². The van der Waals surface area contributed by atoms with Crippen molar-refractivity contribution in [3.05, 3.63) is 65.5 Å². The Kier molecular flexibility index (Phi) is 7.96. The molecule has 0 spiro atoms. The van der Waals surface area contributed by atoms with Crippen molar-refractivity contribution in [3.8, 4) is 0 Å². The normalized spacial score (nSPS) is 22.3. The van der Waals surface area contributed by atoms with E-state index in [1.807, 2.05) is 25.1 Å². The molecular formula is C21H25ClFN3O2. The smallest absolute Gasteiger partial charge is 0.242 e. The summed E-state index contributed by atoms with van der Waals surface area (Å²) < 4.78 is 15.0. The van der Waals surface area contributed by atoms with Crippen molar-refractivity contribution >= 4 is 29.1 Å². The molecule has 0 aliphatic carbocycles. The number of allylic oxidation sites excluding steroid dienone is 4. The Morgan fingerprint density at radius 3 is 2.79 bits per heavy atom. The molecule has 3 atom stereocenters. The van der Waals surface area contributed by atoms with Crippen molar-refractivity contribution in [2.75, 3.05) is 18.4 Å². The van der Waals surface area contributed by atoms with Crippen LogP contribution in [0.25, 0.3) is 0 Å². The van der Waals surface area contributed by atoms with Gasteiger partial charge in [0.2, 0.25) is 11.8 Å². The van der Waals surface area contributed by atoms with Gasteiger partial charge in [0.15, 0.2) is 0 Å². The first kappa shape index (κ1) is 21.9. The maximum absolute atomic E-state index is 15.0. The van der Waals surface area contributed by atoms with Gasteiger partial charge in [-0.05, 0) is 43.7 Å². The Morgan fingerprint density at radius 2 is 2.14 bits per heavy atom. The molecule has 28 heavy (non-hydrogen) atoms. The molecule has 1 fully saturated rings. The van der Waals surface area contributed by atoms with Gasteiger partial charge in [0.1, 0.15) is 5.83 Å². The first-order valence-corrected chi connectivity index (χ1v) is 9.48. The van der Waals surface area contributed by atoms with Gasteiger partial charge < -0.3 is 16.0 Å². The Balaban J connectivity index is 2.26. The van der Waals surface area contributed by atoms with Gasteiger partial charge in [0.25, 0.3) is 0 Å². The zero-order valence-electron chi connectivity index (χ0n) is 16.0. The second-order valence-corrected chi connectivity index (χ2v) is 7.11. The number of carbonyl (C=O) groups is 2. The molecule has 1 saturated heterocycles. The van der Waals surface area contributed by atoms with E-state index in [-0.39, 0.29) is 17.5 Å². The predicted octanol–water partition coefficient (Wildman–Crippen LogP) is 3.44. The van der Waals surface area contributed by atoms with Crippen LogP contribution in [0.5, 0.6) is 0 Å². The van der Waals surface area contributed by atoms with E-state index in [0.29, 0.717) is 12.2 Å². The van der Waals surface area contributed by atoms with Crippen LogP contribution in [0.1, 0.15) is 12.5 Å². The molecule has 2 amide bonds. The molecule has 150 valence electrons. The third-order valence-electron chi connectivity index (χ3n) is 4.46. The molecule has 1 aliphatic rings. The van der Waals surface area contributed by atoms with Crippen molar-refractivity contribution in [3.63, 3.8) is 0 Å². The van der Waals surface area contributed by atoms with Crippen LogP contribution in [0, 0.1) is 18.8 Å². The van der Waals surface area contributed by atoms with Crippen LogP contribution in [0.2, 0.25) is 0 Å². The highest BCUT2D eigenvalue weighted by Crippen LogP contribution is 2.32. The molecule has 5 nitrogen and oxygen atoms in total. The molecule has 1 aromatic carbocycles. The summed E-state index contributed by atoms with van der Waals surface area (Å²) in [5.41, 5.74) is 1.61. The molecule has 0 saturated carbocycles. The molecule has 1 heterocycles. The van der Waals surface area contributed by atoms with E-state index in [1.54, 1.807) is 13.0 Å². The Morgan fingerprint density at radius 1 is 1.39 bits per heavy atom. The lowest BCUT2D eigenvalue weighted by Crippen LogP contribution is -2.42. The van der Waals surface area contributed by atoms with Gasteiger partial charge in [0, 0.05) is 29.7 Å². The molecule has 3 N–H and O–H groups in total. The number of hydrogen-bond donors (Lipinski definition) is 3. The minimum Gasteiger partial charge on any atom is -0.356 e. The fourth-order valence-corrected chi connectivity index (χ4v) is 3.28. The third-order valence-corrected chi connectivity index (χ3v) is 4.58. The maximum atomic E-state index is 15.0. The number of halogens is 2. The molecule has 1 aliphatic heterocycles. The van der Waals surface area contributed by atoms with Crippen LogP contribution in [-0.2, 0) is 9.59 Å². The lowest BCUT2D eigenvalue weighted by molar-refractivity contribution is -0.125. The average molecular weight is 406 g/mol. The quantitative estimate of drug-likeness (QED) is 0.608.